The SMILES string of the molecule is O=S(=O)(Nc1ccc(-c2nnnn2C2CC2)cc1)c1ccccc1C(F)(F)F. The van der Waals surface area contributed by atoms with Crippen LogP contribution in [-0.4, -0.2) is 28.6 Å². The first-order valence-corrected chi connectivity index (χ1v) is 9.81. The molecule has 1 saturated carbocycles. The van der Waals surface area contributed by atoms with E-state index in [2.05, 4.69) is 20.2 Å². The van der Waals surface area contributed by atoms with Gasteiger partial charge in [0.2, 0.25) is 0 Å². The zero-order valence-corrected chi connectivity index (χ0v) is 15.1. The summed E-state index contributed by atoms with van der Waals surface area (Å²) in [6.45, 7) is 0. The van der Waals surface area contributed by atoms with Gasteiger partial charge in [-0.3, -0.25) is 4.72 Å². The lowest BCUT2D eigenvalue weighted by Gasteiger charge is -2.14. The fourth-order valence-corrected chi connectivity index (χ4v) is 4.07. The normalized spacial score (nSPS) is 14.8. The Balaban J connectivity index is 1.60. The molecular weight excluding hydrogens is 395 g/mol. The van der Waals surface area contributed by atoms with Crippen LogP contribution in [0.15, 0.2) is 53.4 Å². The lowest BCUT2D eigenvalue weighted by Crippen LogP contribution is -2.18. The summed E-state index contributed by atoms with van der Waals surface area (Å²) >= 11 is 0. The Morgan fingerprint density at radius 2 is 1.71 bits per heavy atom. The van der Waals surface area contributed by atoms with Gasteiger partial charge in [-0.1, -0.05) is 12.1 Å². The minimum absolute atomic E-state index is 0.131. The van der Waals surface area contributed by atoms with Crippen LogP contribution in [0.1, 0.15) is 24.4 Å². The highest BCUT2D eigenvalue weighted by molar-refractivity contribution is 7.92. The van der Waals surface area contributed by atoms with Gasteiger partial charge in [0.05, 0.1) is 16.5 Å². The first-order chi connectivity index (χ1) is 13.3. The quantitative estimate of drug-likeness (QED) is 0.697. The van der Waals surface area contributed by atoms with E-state index in [4.69, 9.17) is 0 Å². The van der Waals surface area contributed by atoms with Crippen LogP contribution >= 0.6 is 0 Å². The van der Waals surface area contributed by atoms with Crippen molar-refractivity contribution in [2.75, 3.05) is 4.72 Å². The first-order valence-electron chi connectivity index (χ1n) is 8.33. The van der Waals surface area contributed by atoms with Crippen molar-refractivity contribution in [3.63, 3.8) is 0 Å². The molecule has 1 aromatic heterocycles. The lowest BCUT2D eigenvalue weighted by atomic mass is 10.2. The minimum atomic E-state index is -4.78. The molecule has 0 atom stereocenters. The molecule has 2 aromatic carbocycles. The van der Waals surface area contributed by atoms with Crippen LogP contribution in [0.2, 0.25) is 0 Å². The fraction of sp³-hybridized carbons (Fsp3) is 0.235. The lowest BCUT2D eigenvalue weighted by molar-refractivity contribution is -0.139. The molecule has 1 fully saturated rings. The Morgan fingerprint density at radius 1 is 1.04 bits per heavy atom. The average Bonchev–Trinajstić information content (AvgIpc) is 3.38. The molecule has 7 nitrogen and oxygen atoms in total. The van der Waals surface area contributed by atoms with Gasteiger partial charge in [0, 0.05) is 11.3 Å². The predicted octanol–water partition coefficient (Wildman–Crippen LogP) is 3.49. The van der Waals surface area contributed by atoms with Crippen LogP contribution in [-0.2, 0) is 16.2 Å². The molecule has 1 aliphatic carbocycles. The van der Waals surface area contributed by atoms with Crippen LogP contribution < -0.4 is 4.72 Å². The van der Waals surface area contributed by atoms with Crippen molar-refractivity contribution in [1.82, 2.24) is 20.2 Å². The molecule has 28 heavy (non-hydrogen) atoms. The molecule has 0 bridgehead atoms. The maximum atomic E-state index is 13.1. The molecule has 1 aliphatic rings. The van der Waals surface area contributed by atoms with E-state index in [1.54, 1.807) is 16.8 Å². The van der Waals surface area contributed by atoms with Gasteiger partial charge < -0.3 is 0 Å². The summed E-state index contributed by atoms with van der Waals surface area (Å²) in [6.07, 6.45) is -2.79. The summed E-state index contributed by atoms with van der Waals surface area (Å²) < 4.78 is 68.2. The number of hydrogen-bond acceptors (Lipinski definition) is 5. The topological polar surface area (TPSA) is 89.8 Å². The Morgan fingerprint density at radius 3 is 2.36 bits per heavy atom. The molecule has 1 heterocycles. The van der Waals surface area contributed by atoms with E-state index in [0.717, 1.165) is 31.0 Å². The van der Waals surface area contributed by atoms with Crippen molar-refractivity contribution in [3.05, 3.63) is 54.1 Å². The maximum absolute atomic E-state index is 13.1. The molecule has 0 amide bonds. The fourth-order valence-electron chi connectivity index (χ4n) is 2.78. The summed E-state index contributed by atoms with van der Waals surface area (Å²) in [6, 6.07) is 10.4. The third-order valence-electron chi connectivity index (χ3n) is 4.26. The van der Waals surface area contributed by atoms with E-state index >= 15 is 0 Å². The Hall–Kier alpha value is -2.95. The van der Waals surface area contributed by atoms with Gasteiger partial charge in [0.25, 0.3) is 10.0 Å². The number of nitrogens with zero attached hydrogens (tertiary/aromatic N) is 4. The number of aromatic nitrogens is 4. The summed E-state index contributed by atoms with van der Waals surface area (Å²) in [5.41, 5.74) is -0.413. The van der Waals surface area contributed by atoms with Crippen LogP contribution in [0.25, 0.3) is 11.4 Å². The van der Waals surface area contributed by atoms with Gasteiger partial charge in [-0.2, -0.15) is 13.2 Å². The molecule has 1 N–H and O–H groups in total. The molecule has 0 radical (unpaired) electrons. The van der Waals surface area contributed by atoms with Gasteiger partial charge in [-0.15, -0.1) is 5.10 Å². The van der Waals surface area contributed by atoms with E-state index < -0.39 is 26.7 Å². The monoisotopic (exact) mass is 409 g/mol. The highest BCUT2D eigenvalue weighted by Gasteiger charge is 2.37. The van der Waals surface area contributed by atoms with Crippen LogP contribution in [0.3, 0.4) is 0 Å². The smallest absolute Gasteiger partial charge is 0.280 e. The molecule has 0 saturated heterocycles. The summed E-state index contributed by atoms with van der Waals surface area (Å²) in [7, 11) is -4.42. The third-order valence-corrected chi connectivity index (χ3v) is 5.70. The Labute approximate surface area is 158 Å². The number of benzene rings is 2. The average molecular weight is 409 g/mol. The molecule has 4 rings (SSSR count). The third kappa shape index (κ3) is 3.57. The number of sulfonamides is 1. The van der Waals surface area contributed by atoms with Crippen molar-refractivity contribution < 1.29 is 21.6 Å². The largest absolute Gasteiger partial charge is 0.417 e. The second kappa shape index (κ2) is 6.59. The van der Waals surface area contributed by atoms with E-state index in [0.29, 0.717) is 11.4 Å². The van der Waals surface area contributed by atoms with Crippen molar-refractivity contribution in [1.29, 1.82) is 0 Å². The number of hydrogen-bond donors (Lipinski definition) is 1. The predicted molar refractivity (Wildman–Crippen MR) is 93.8 cm³/mol. The summed E-state index contributed by atoms with van der Waals surface area (Å²) in [4.78, 5) is -0.829. The summed E-state index contributed by atoms with van der Waals surface area (Å²) in [5, 5.41) is 11.6. The molecule has 0 spiro atoms. The summed E-state index contributed by atoms with van der Waals surface area (Å²) in [5.74, 6) is 0.555. The zero-order chi connectivity index (χ0) is 19.9. The Kier molecular flexibility index (Phi) is 4.33. The van der Waals surface area contributed by atoms with Crippen molar-refractivity contribution in [2.45, 2.75) is 30.0 Å². The van der Waals surface area contributed by atoms with Crippen molar-refractivity contribution >= 4 is 15.7 Å². The second-order valence-electron chi connectivity index (χ2n) is 6.36. The van der Waals surface area contributed by atoms with Crippen LogP contribution in [0, 0.1) is 0 Å². The van der Waals surface area contributed by atoms with E-state index in [-0.39, 0.29) is 11.7 Å². The molecule has 146 valence electrons. The van der Waals surface area contributed by atoms with Crippen LogP contribution in [0.4, 0.5) is 18.9 Å². The molecule has 11 heteroatoms. The molecule has 0 aliphatic heterocycles. The number of tetrazole rings is 1. The molecule has 0 unspecified atom stereocenters. The van der Waals surface area contributed by atoms with Gasteiger partial charge in [0.1, 0.15) is 0 Å². The van der Waals surface area contributed by atoms with Crippen molar-refractivity contribution in [3.8, 4) is 11.4 Å². The van der Waals surface area contributed by atoms with Crippen molar-refractivity contribution in [2.24, 2.45) is 0 Å². The van der Waals surface area contributed by atoms with E-state index in [9.17, 15) is 21.6 Å². The zero-order valence-electron chi connectivity index (χ0n) is 14.3. The van der Waals surface area contributed by atoms with Gasteiger partial charge in [0.15, 0.2) is 5.82 Å². The van der Waals surface area contributed by atoms with Gasteiger partial charge in [-0.05, 0) is 59.7 Å². The highest BCUT2D eigenvalue weighted by atomic mass is 32.2. The van der Waals surface area contributed by atoms with Gasteiger partial charge >= 0.3 is 6.18 Å². The number of alkyl halides is 3. The first kappa shape index (κ1) is 18.4. The van der Waals surface area contributed by atoms with Crippen LogP contribution in [0.5, 0.6) is 0 Å². The molecular formula is C17H14F3N5O2S. The number of anilines is 1. The number of halogens is 3. The van der Waals surface area contributed by atoms with E-state index in [1.807, 2.05) is 0 Å². The van der Waals surface area contributed by atoms with E-state index in [1.165, 1.54) is 18.2 Å². The van der Waals surface area contributed by atoms with Gasteiger partial charge in [-0.25, -0.2) is 13.1 Å². The standard InChI is InChI=1S/C17H14F3N5O2S/c18-17(19,20)14-3-1-2-4-15(14)28(26,27)22-12-7-5-11(6-8-12)16-21-23-24-25(16)13-9-10-13/h1-8,13,22H,9-10H2. The maximum Gasteiger partial charge on any atom is 0.417 e. The number of rotatable bonds is 5. The molecule has 3 aromatic rings. The highest BCUT2D eigenvalue weighted by Crippen LogP contribution is 2.37. The minimum Gasteiger partial charge on any atom is -0.280 e. The Bertz CT molecular complexity index is 1110. The second-order valence-corrected chi connectivity index (χ2v) is 8.01. The number of nitrogens with one attached hydrogen (secondary N) is 1.